The van der Waals surface area contributed by atoms with Gasteiger partial charge in [-0.15, -0.1) is 0 Å². The fraction of sp³-hybridized carbons (Fsp3) is 0.143. The van der Waals surface area contributed by atoms with E-state index in [2.05, 4.69) is 15.7 Å². The minimum atomic E-state index is -0.512. The second-order valence-corrected chi connectivity index (χ2v) is 6.18. The normalized spacial score (nSPS) is 10.2. The van der Waals surface area contributed by atoms with Crippen molar-refractivity contribution in [3.05, 3.63) is 76.7 Å². The summed E-state index contributed by atoms with van der Waals surface area (Å²) in [6.45, 7) is -0.348. The summed E-state index contributed by atoms with van der Waals surface area (Å²) in [4.78, 5) is 36.8. The second-order valence-electron chi connectivity index (χ2n) is 6.18. The fourth-order valence-electron chi connectivity index (χ4n) is 2.59. The number of amides is 2. The molecule has 3 rings (SSSR count). The van der Waals surface area contributed by atoms with Crippen molar-refractivity contribution in [2.24, 2.45) is 0 Å². The Bertz CT molecular complexity index is 1110. The van der Waals surface area contributed by atoms with Crippen molar-refractivity contribution in [1.82, 2.24) is 9.78 Å². The molecule has 2 aromatic carbocycles. The Hall–Kier alpha value is -4.14. The number of hydrogen-bond donors (Lipinski definition) is 2. The number of carbonyl (C=O) groups is 2. The molecule has 30 heavy (non-hydrogen) atoms. The van der Waals surface area contributed by atoms with Crippen molar-refractivity contribution < 1.29 is 19.1 Å². The fourth-order valence-corrected chi connectivity index (χ4v) is 2.59. The molecule has 3 aromatic rings. The highest BCUT2D eigenvalue weighted by Gasteiger charge is 2.13. The second kappa shape index (κ2) is 9.37. The lowest BCUT2D eigenvalue weighted by molar-refractivity contribution is -0.117. The van der Waals surface area contributed by atoms with Crippen molar-refractivity contribution in [3.63, 3.8) is 0 Å². The zero-order chi connectivity index (χ0) is 21.5. The number of nitrogens with zero attached hydrogens (tertiary/aromatic N) is 2. The van der Waals surface area contributed by atoms with Crippen LogP contribution in [0, 0.1) is 0 Å². The van der Waals surface area contributed by atoms with Gasteiger partial charge in [-0.05, 0) is 42.5 Å². The monoisotopic (exact) mass is 408 g/mol. The van der Waals surface area contributed by atoms with E-state index in [1.807, 2.05) is 0 Å². The van der Waals surface area contributed by atoms with Crippen molar-refractivity contribution in [1.29, 1.82) is 0 Å². The van der Waals surface area contributed by atoms with E-state index in [1.54, 1.807) is 55.6 Å². The molecule has 1 aromatic heterocycles. The number of anilines is 2. The first-order valence-corrected chi connectivity index (χ1v) is 8.96. The summed E-state index contributed by atoms with van der Waals surface area (Å²) in [5.74, 6) is 0.259. The van der Waals surface area contributed by atoms with E-state index in [0.717, 1.165) is 4.68 Å². The lowest BCUT2D eigenvalue weighted by atomic mass is 10.3. The predicted octanol–water partition coefficient (Wildman–Crippen LogP) is 2.15. The number of carbonyl (C=O) groups excluding carboxylic acids is 2. The number of aromatic nitrogens is 2. The Labute approximate surface area is 172 Å². The molecule has 0 atom stereocenters. The molecule has 9 nitrogen and oxygen atoms in total. The third-order valence-electron chi connectivity index (χ3n) is 4.09. The van der Waals surface area contributed by atoms with Crippen LogP contribution < -0.4 is 25.7 Å². The molecule has 0 aliphatic rings. The molecule has 1 heterocycles. The van der Waals surface area contributed by atoms with Crippen LogP contribution in [0.15, 0.2) is 65.5 Å². The van der Waals surface area contributed by atoms with Gasteiger partial charge in [0.25, 0.3) is 11.5 Å². The van der Waals surface area contributed by atoms with Gasteiger partial charge in [0.15, 0.2) is 0 Å². The molecule has 0 aliphatic heterocycles. The highest BCUT2D eigenvalue weighted by Crippen LogP contribution is 2.17. The summed E-state index contributed by atoms with van der Waals surface area (Å²) < 4.78 is 11.1. The lowest BCUT2D eigenvalue weighted by Crippen LogP contribution is -2.31. The van der Waals surface area contributed by atoms with Gasteiger partial charge in [-0.2, -0.15) is 5.10 Å². The lowest BCUT2D eigenvalue weighted by Gasteiger charge is -2.09. The van der Waals surface area contributed by atoms with E-state index >= 15 is 0 Å². The van der Waals surface area contributed by atoms with Crippen molar-refractivity contribution in [3.8, 4) is 11.5 Å². The minimum absolute atomic E-state index is 0.000372. The van der Waals surface area contributed by atoms with Crippen LogP contribution in [0.25, 0.3) is 0 Å². The number of benzene rings is 2. The van der Waals surface area contributed by atoms with Crippen LogP contribution in [-0.4, -0.2) is 35.8 Å². The molecule has 0 bridgehead atoms. The average Bonchev–Trinajstić information content (AvgIpc) is 2.75. The Morgan fingerprint density at radius 3 is 2.33 bits per heavy atom. The van der Waals surface area contributed by atoms with E-state index in [1.165, 1.54) is 19.2 Å². The van der Waals surface area contributed by atoms with Gasteiger partial charge in [0.2, 0.25) is 5.91 Å². The Morgan fingerprint density at radius 1 is 0.900 bits per heavy atom. The Balaban J connectivity index is 1.69. The molecule has 0 aliphatic carbocycles. The molecule has 0 saturated heterocycles. The van der Waals surface area contributed by atoms with Gasteiger partial charge in [0, 0.05) is 23.5 Å². The first-order chi connectivity index (χ1) is 14.5. The summed E-state index contributed by atoms with van der Waals surface area (Å²) in [7, 11) is 3.07. The van der Waals surface area contributed by atoms with Crippen molar-refractivity contribution in [2.45, 2.75) is 6.54 Å². The van der Waals surface area contributed by atoms with Crippen LogP contribution in [0.5, 0.6) is 11.5 Å². The molecule has 2 amide bonds. The first kappa shape index (κ1) is 20.6. The van der Waals surface area contributed by atoms with Crippen LogP contribution in [0.3, 0.4) is 0 Å². The maximum Gasteiger partial charge on any atom is 0.276 e. The van der Waals surface area contributed by atoms with Crippen molar-refractivity contribution >= 4 is 23.2 Å². The number of hydrogen-bond acceptors (Lipinski definition) is 6. The smallest absolute Gasteiger partial charge is 0.276 e. The molecular weight excluding hydrogens is 388 g/mol. The highest BCUT2D eigenvalue weighted by molar-refractivity contribution is 6.02. The van der Waals surface area contributed by atoms with E-state index in [-0.39, 0.29) is 12.2 Å². The molecule has 0 spiro atoms. The molecule has 9 heteroatoms. The molecular formula is C21H20N4O5. The van der Waals surface area contributed by atoms with Crippen LogP contribution >= 0.6 is 0 Å². The molecule has 0 saturated carbocycles. The van der Waals surface area contributed by atoms with Crippen LogP contribution in [0.1, 0.15) is 10.5 Å². The number of nitrogens with one attached hydrogen (secondary N) is 2. The van der Waals surface area contributed by atoms with Crippen molar-refractivity contribution in [2.75, 3.05) is 24.9 Å². The summed E-state index contributed by atoms with van der Waals surface area (Å²) in [5, 5.41) is 9.34. The van der Waals surface area contributed by atoms with Gasteiger partial charge in [0.05, 0.1) is 14.2 Å². The van der Waals surface area contributed by atoms with Gasteiger partial charge >= 0.3 is 0 Å². The topological polar surface area (TPSA) is 112 Å². The van der Waals surface area contributed by atoms with E-state index in [9.17, 15) is 14.4 Å². The van der Waals surface area contributed by atoms with Crippen LogP contribution in [-0.2, 0) is 11.3 Å². The third-order valence-corrected chi connectivity index (χ3v) is 4.09. The summed E-state index contributed by atoms with van der Waals surface area (Å²) in [6, 6.07) is 16.0. The van der Waals surface area contributed by atoms with Gasteiger partial charge in [-0.1, -0.05) is 6.07 Å². The zero-order valence-electron chi connectivity index (χ0n) is 16.4. The van der Waals surface area contributed by atoms with E-state index < -0.39 is 17.4 Å². The molecule has 154 valence electrons. The number of ether oxygens (including phenoxy) is 2. The van der Waals surface area contributed by atoms with Crippen LogP contribution in [0.2, 0.25) is 0 Å². The third kappa shape index (κ3) is 5.22. The number of rotatable bonds is 7. The molecule has 0 radical (unpaired) electrons. The highest BCUT2D eigenvalue weighted by atomic mass is 16.5. The van der Waals surface area contributed by atoms with Gasteiger partial charge in [-0.3, -0.25) is 14.4 Å². The summed E-state index contributed by atoms with van der Waals surface area (Å²) in [5.41, 5.74) is 0.549. The standard InChI is InChI=1S/C21H20N4O5/c1-29-16-8-6-14(7-9-16)23-21(28)18-10-11-20(27)25(24-18)13-19(26)22-15-4-3-5-17(12-15)30-2/h3-12H,13H2,1-2H3,(H,22,26)(H,23,28). The maximum absolute atomic E-state index is 12.4. The van der Waals surface area contributed by atoms with E-state index in [0.29, 0.717) is 22.9 Å². The zero-order valence-corrected chi connectivity index (χ0v) is 16.4. The molecule has 2 N–H and O–H groups in total. The maximum atomic E-state index is 12.4. The van der Waals surface area contributed by atoms with Gasteiger partial charge in [0.1, 0.15) is 23.7 Å². The van der Waals surface area contributed by atoms with E-state index in [4.69, 9.17) is 9.47 Å². The molecule has 0 fully saturated rings. The predicted molar refractivity (Wildman–Crippen MR) is 111 cm³/mol. The summed E-state index contributed by atoms with van der Waals surface area (Å²) in [6.07, 6.45) is 0. The Kier molecular flexibility index (Phi) is 6.43. The first-order valence-electron chi connectivity index (χ1n) is 8.96. The largest absolute Gasteiger partial charge is 0.497 e. The summed E-state index contributed by atoms with van der Waals surface area (Å²) >= 11 is 0. The average molecular weight is 408 g/mol. The van der Waals surface area contributed by atoms with Gasteiger partial charge in [-0.25, -0.2) is 4.68 Å². The molecule has 0 unspecified atom stereocenters. The van der Waals surface area contributed by atoms with Gasteiger partial charge < -0.3 is 20.1 Å². The number of methoxy groups -OCH3 is 2. The Morgan fingerprint density at radius 2 is 1.63 bits per heavy atom. The van der Waals surface area contributed by atoms with Crippen LogP contribution in [0.4, 0.5) is 11.4 Å². The SMILES string of the molecule is COc1ccc(NC(=O)c2ccc(=O)n(CC(=O)Nc3cccc(OC)c3)n2)cc1. The minimum Gasteiger partial charge on any atom is -0.497 e. The quantitative estimate of drug-likeness (QED) is 0.620.